The minimum absolute atomic E-state index is 0.0506. The van der Waals surface area contributed by atoms with E-state index in [9.17, 15) is 15.2 Å². The lowest BCUT2D eigenvalue weighted by molar-refractivity contribution is -0.536. The Balaban J connectivity index is 4.14. The highest BCUT2D eigenvalue weighted by Crippen LogP contribution is 2.11. The van der Waals surface area contributed by atoms with Gasteiger partial charge in [-0.2, -0.15) is 0 Å². The van der Waals surface area contributed by atoms with Crippen LogP contribution in [0.15, 0.2) is 0 Å². The normalized spacial score (nSPS) is 16.5. The van der Waals surface area contributed by atoms with Crippen molar-refractivity contribution in [2.45, 2.75) is 39.3 Å². The molecule has 0 aromatic carbocycles. The van der Waals surface area contributed by atoms with Crippen LogP contribution in [-0.2, 0) is 0 Å². The van der Waals surface area contributed by atoms with Gasteiger partial charge in [-0.05, 0) is 5.92 Å². The molecule has 0 aliphatic carbocycles. The number of hydrogen-bond donors (Lipinski definition) is 1. The van der Waals surface area contributed by atoms with Crippen LogP contribution < -0.4 is 0 Å². The lowest BCUT2D eigenvalue weighted by Crippen LogP contribution is -2.36. The number of nitro groups is 1. The summed E-state index contributed by atoms with van der Waals surface area (Å²) in [4.78, 5) is 9.91. The highest BCUT2D eigenvalue weighted by atomic mass is 16.6. The third kappa shape index (κ3) is 2.84. The van der Waals surface area contributed by atoms with Crippen molar-refractivity contribution >= 4 is 0 Å². The molecule has 0 aliphatic rings. The van der Waals surface area contributed by atoms with Crippen LogP contribution in [0.2, 0.25) is 0 Å². The molecule has 0 rings (SSSR count). The van der Waals surface area contributed by atoms with Crippen molar-refractivity contribution in [3.8, 4) is 0 Å². The zero-order chi connectivity index (χ0) is 9.02. The van der Waals surface area contributed by atoms with Gasteiger partial charge in [-0.25, -0.2) is 0 Å². The fourth-order valence-electron chi connectivity index (χ4n) is 0.960. The Labute approximate surface area is 66.4 Å². The van der Waals surface area contributed by atoms with Gasteiger partial charge in [0.05, 0.1) is 0 Å². The van der Waals surface area contributed by atoms with Crippen LogP contribution >= 0.6 is 0 Å². The van der Waals surface area contributed by atoms with E-state index in [1.807, 2.05) is 0 Å². The van der Waals surface area contributed by atoms with Gasteiger partial charge in [-0.1, -0.05) is 20.8 Å². The Bertz CT molecular complexity index is 136. The predicted molar refractivity (Wildman–Crippen MR) is 41.9 cm³/mol. The first-order valence-electron chi connectivity index (χ1n) is 3.82. The molecule has 0 heterocycles. The van der Waals surface area contributed by atoms with Crippen LogP contribution in [-0.4, -0.2) is 22.2 Å². The lowest BCUT2D eigenvalue weighted by Gasteiger charge is -2.17. The molecule has 0 unspecified atom stereocenters. The summed E-state index contributed by atoms with van der Waals surface area (Å²) < 4.78 is 0. The summed E-state index contributed by atoms with van der Waals surface area (Å²) in [6.45, 7) is 5.26. The van der Waals surface area contributed by atoms with Gasteiger partial charge in [0.25, 0.3) is 0 Å². The van der Waals surface area contributed by atoms with Gasteiger partial charge in [0.1, 0.15) is 6.10 Å². The zero-order valence-electron chi connectivity index (χ0n) is 7.15. The highest BCUT2D eigenvalue weighted by molar-refractivity contribution is 4.69. The summed E-state index contributed by atoms with van der Waals surface area (Å²) >= 11 is 0. The fraction of sp³-hybridized carbons (Fsp3) is 1.00. The van der Waals surface area contributed by atoms with Crippen molar-refractivity contribution in [2.24, 2.45) is 5.92 Å². The van der Waals surface area contributed by atoms with E-state index in [1.165, 1.54) is 0 Å². The van der Waals surface area contributed by atoms with Gasteiger partial charge in [0.15, 0.2) is 0 Å². The Morgan fingerprint density at radius 3 is 2.09 bits per heavy atom. The average molecular weight is 161 g/mol. The van der Waals surface area contributed by atoms with Crippen molar-refractivity contribution in [3.05, 3.63) is 10.1 Å². The number of aliphatic hydroxyl groups excluding tert-OH is 1. The first kappa shape index (κ1) is 10.4. The first-order chi connectivity index (χ1) is 5.00. The Morgan fingerprint density at radius 1 is 1.55 bits per heavy atom. The summed E-state index contributed by atoms with van der Waals surface area (Å²) in [5.41, 5.74) is 0. The minimum atomic E-state index is -0.824. The second-order valence-electron chi connectivity index (χ2n) is 3.00. The van der Waals surface area contributed by atoms with Crippen LogP contribution in [0.25, 0.3) is 0 Å². The topological polar surface area (TPSA) is 63.4 Å². The summed E-state index contributed by atoms with van der Waals surface area (Å²) in [6.07, 6.45) is -0.443. The maximum Gasteiger partial charge on any atom is 0.238 e. The van der Waals surface area contributed by atoms with E-state index < -0.39 is 17.1 Å². The van der Waals surface area contributed by atoms with Gasteiger partial charge in [0.2, 0.25) is 6.04 Å². The van der Waals surface area contributed by atoms with Crippen LogP contribution in [0, 0.1) is 16.0 Å². The molecule has 66 valence electrons. The first-order valence-corrected chi connectivity index (χ1v) is 3.82. The van der Waals surface area contributed by atoms with Crippen LogP contribution in [0.1, 0.15) is 27.2 Å². The van der Waals surface area contributed by atoms with E-state index in [0.29, 0.717) is 6.42 Å². The number of hydrogen-bond acceptors (Lipinski definition) is 3. The Hall–Kier alpha value is -0.640. The monoisotopic (exact) mass is 161 g/mol. The van der Waals surface area contributed by atoms with Crippen LogP contribution in [0.4, 0.5) is 0 Å². The molecule has 0 bridgehead atoms. The van der Waals surface area contributed by atoms with Crippen molar-refractivity contribution in [1.29, 1.82) is 0 Å². The number of nitrogens with zero attached hydrogens (tertiary/aromatic N) is 1. The molecule has 0 aromatic heterocycles. The van der Waals surface area contributed by atoms with Gasteiger partial charge >= 0.3 is 0 Å². The highest BCUT2D eigenvalue weighted by Gasteiger charge is 2.29. The van der Waals surface area contributed by atoms with E-state index in [2.05, 4.69) is 0 Å². The molecule has 4 nitrogen and oxygen atoms in total. The molecule has 11 heavy (non-hydrogen) atoms. The second-order valence-corrected chi connectivity index (χ2v) is 3.00. The standard InChI is InChI=1S/C7H15NO3/c1-4-6(8(10)11)7(9)5(2)3/h5-7,9H,4H2,1-3H3/t6-,7-/m1/s1. The lowest BCUT2D eigenvalue weighted by atomic mass is 9.98. The molecular formula is C7H15NO3. The third-order valence-corrected chi connectivity index (χ3v) is 1.77. The predicted octanol–water partition coefficient (Wildman–Crippen LogP) is 1.06. The molecule has 0 fully saturated rings. The third-order valence-electron chi connectivity index (χ3n) is 1.77. The van der Waals surface area contributed by atoms with Crippen LogP contribution in [0.5, 0.6) is 0 Å². The molecule has 0 aromatic rings. The quantitative estimate of drug-likeness (QED) is 0.495. The van der Waals surface area contributed by atoms with Crippen molar-refractivity contribution in [3.63, 3.8) is 0 Å². The molecular weight excluding hydrogens is 146 g/mol. The maximum atomic E-state index is 10.3. The van der Waals surface area contributed by atoms with E-state index in [0.717, 1.165) is 0 Å². The number of rotatable bonds is 4. The summed E-state index contributed by atoms with van der Waals surface area (Å²) in [5.74, 6) is -0.0506. The largest absolute Gasteiger partial charge is 0.386 e. The van der Waals surface area contributed by atoms with Gasteiger partial charge in [-0.15, -0.1) is 0 Å². The Morgan fingerprint density at radius 2 is 2.00 bits per heavy atom. The maximum absolute atomic E-state index is 10.3. The van der Waals surface area contributed by atoms with E-state index in [-0.39, 0.29) is 5.92 Å². The van der Waals surface area contributed by atoms with E-state index in [1.54, 1.807) is 20.8 Å². The summed E-state index contributed by atoms with van der Waals surface area (Å²) in [5, 5.41) is 19.6. The van der Waals surface area contributed by atoms with E-state index >= 15 is 0 Å². The molecule has 0 saturated heterocycles. The molecule has 4 heteroatoms. The molecule has 0 aliphatic heterocycles. The SMILES string of the molecule is CC[C@H]([C@H](O)C(C)C)[N+](=O)[O-]. The molecule has 0 radical (unpaired) electrons. The number of aliphatic hydroxyl groups is 1. The average Bonchev–Trinajstić information content (AvgIpc) is 1.88. The minimum Gasteiger partial charge on any atom is -0.386 e. The zero-order valence-corrected chi connectivity index (χ0v) is 7.15. The van der Waals surface area contributed by atoms with Gasteiger partial charge in [0, 0.05) is 11.3 Å². The molecule has 0 spiro atoms. The van der Waals surface area contributed by atoms with Gasteiger partial charge < -0.3 is 5.11 Å². The summed E-state index contributed by atoms with van der Waals surface area (Å²) in [6, 6.07) is -0.810. The molecule has 0 saturated carbocycles. The summed E-state index contributed by atoms with van der Waals surface area (Å²) in [7, 11) is 0. The molecule has 2 atom stereocenters. The van der Waals surface area contributed by atoms with Gasteiger partial charge in [-0.3, -0.25) is 10.1 Å². The Kier molecular flexibility index (Phi) is 4.03. The smallest absolute Gasteiger partial charge is 0.238 e. The molecule has 1 N–H and O–H groups in total. The van der Waals surface area contributed by atoms with Crippen molar-refractivity contribution in [1.82, 2.24) is 0 Å². The van der Waals surface area contributed by atoms with Crippen molar-refractivity contribution in [2.75, 3.05) is 0 Å². The fourth-order valence-corrected chi connectivity index (χ4v) is 0.960. The van der Waals surface area contributed by atoms with Crippen LogP contribution in [0.3, 0.4) is 0 Å². The van der Waals surface area contributed by atoms with Crippen molar-refractivity contribution < 1.29 is 10.0 Å². The molecule has 0 amide bonds. The van der Waals surface area contributed by atoms with E-state index in [4.69, 9.17) is 0 Å². The second kappa shape index (κ2) is 4.28.